The molecule has 8 atom stereocenters. The van der Waals surface area contributed by atoms with Crippen LogP contribution in [0, 0.1) is 28.6 Å². The average Bonchev–Trinajstić information content (AvgIpc) is 3.17. The molecule has 2 saturated heterocycles. The van der Waals surface area contributed by atoms with Crippen molar-refractivity contribution in [3.8, 4) is 0 Å². The molecule has 3 aliphatic carbocycles. The summed E-state index contributed by atoms with van der Waals surface area (Å²) in [5, 5.41) is 40.1. The van der Waals surface area contributed by atoms with Crippen LogP contribution >= 0.6 is 11.3 Å². The van der Waals surface area contributed by atoms with Gasteiger partial charge in [0.05, 0.1) is 18.4 Å². The summed E-state index contributed by atoms with van der Waals surface area (Å²) < 4.78 is 6.17. The van der Waals surface area contributed by atoms with E-state index >= 15 is 0 Å². The number of anilines is 1. The second-order valence-corrected chi connectivity index (χ2v) is 13.2. The third-order valence-corrected chi connectivity index (χ3v) is 10.8. The maximum Gasteiger partial charge on any atom is 0.208 e. The van der Waals surface area contributed by atoms with Crippen molar-refractivity contribution in [2.24, 2.45) is 28.6 Å². The predicted molar refractivity (Wildman–Crippen MR) is 135 cm³/mol. The fourth-order valence-electron chi connectivity index (χ4n) is 8.51. The van der Waals surface area contributed by atoms with Gasteiger partial charge in [-0.2, -0.15) is 0 Å². The first-order valence-electron chi connectivity index (χ1n) is 13.0. The van der Waals surface area contributed by atoms with Gasteiger partial charge in [0.25, 0.3) is 0 Å². The van der Waals surface area contributed by atoms with Crippen LogP contribution in [0.4, 0.5) is 5.13 Å². The smallest absolute Gasteiger partial charge is 0.208 e. The number of aliphatic hydroxyl groups excluding tert-OH is 2. The highest BCUT2D eigenvalue weighted by atomic mass is 32.1. The molecule has 2 aliphatic heterocycles. The maximum absolute atomic E-state index is 13.6. The van der Waals surface area contributed by atoms with Gasteiger partial charge >= 0.3 is 0 Å². The monoisotopic (exact) mass is 504 g/mol. The summed E-state index contributed by atoms with van der Waals surface area (Å²) in [4.78, 5) is 19.9. The van der Waals surface area contributed by atoms with Gasteiger partial charge in [-0.05, 0) is 50.9 Å². The Labute approximate surface area is 212 Å². The molecule has 1 aromatic rings. The van der Waals surface area contributed by atoms with Crippen LogP contribution in [0.2, 0.25) is 0 Å². The Morgan fingerprint density at radius 1 is 1.26 bits per heavy atom. The van der Waals surface area contributed by atoms with Gasteiger partial charge in [0, 0.05) is 28.7 Å². The number of ether oxygens (including phenoxy) is 1. The minimum atomic E-state index is -2.17. The number of unbranched alkanes of at least 4 members (excludes halogenated alkanes) is 1. The van der Waals surface area contributed by atoms with Crippen LogP contribution in [0.25, 0.3) is 0 Å². The number of nitrogens with zero attached hydrogens (tertiary/aromatic N) is 1. The van der Waals surface area contributed by atoms with Crippen molar-refractivity contribution >= 4 is 22.3 Å². The lowest BCUT2D eigenvalue weighted by Crippen LogP contribution is -2.86. The minimum Gasteiger partial charge on any atom is -0.391 e. The molecule has 8 heteroatoms. The van der Waals surface area contributed by atoms with Crippen molar-refractivity contribution in [2.45, 2.75) is 90.1 Å². The zero-order valence-electron chi connectivity index (χ0n) is 21.6. The Kier molecular flexibility index (Phi) is 5.85. The summed E-state index contributed by atoms with van der Waals surface area (Å²) in [5.41, 5.74) is -1.16. The Morgan fingerprint density at radius 2 is 1.97 bits per heavy atom. The highest BCUT2D eigenvalue weighted by Gasteiger charge is 2.84. The fourth-order valence-corrected chi connectivity index (χ4v) is 9.83. The number of hydrogen-bond acceptors (Lipinski definition) is 8. The second kappa shape index (κ2) is 8.09. The van der Waals surface area contributed by atoms with Crippen LogP contribution < -0.4 is 5.32 Å². The fraction of sp³-hybridized carbons (Fsp3) is 0.778. The van der Waals surface area contributed by atoms with Crippen LogP contribution in [-0.4, -0.2) is 57.2 Å². The van der Waals surface area contributed by atoms with Gasteiger partial charge in [-0.25, -0.2) is 4.98 Å². The molecular weight excluding hydrogens is 464 g/mol. The lowest BCUT2D eigenvalue weighted by molar-refractivity contribution is -0.433. The molecule has 2 bridgehead atoms. The summed E-state index contributed by atoms with van der Waals surface area (Å²) in [5.74, 6) is -3.65. The van der Waals surface area contributed by atoms with E-state index in [1.54, 1.807) is 11.3 Å². The Hall–Kier alpha value is -1.32. The first-order valence-corrected chi connectivity index (χ1v) is 13.8. The van der Waals surface area contributed by atoms with E-state index in [0.29, 0.717) is 12.8 Å². The molecule has 2 saturated carbocycles. The number of aliphatic hydroxyl groups is 3. The summed E-state index contributed by atoms with van der Waals surface area (Å²) >= 11 is 1.64. The third-order valence-electron chi connectivity index (χ3n) is 9.80. The van der Waals surface area contributed by atoms with Crippen molar-refractivity contribution in [1.29, 1.82) is 0 Å². The number of hydrogen-bond donors (Lipinski definition) is 4. The summed E-state index contributed by atoms with van der Waals surface area (Å²) in [6, 6.07) is 0. The molecule has 4 fully saturated rings. The number of ketones is 1. The molecular formula is C27H40N2O5S. The lowest BCUT2D eigenvalue weighted by Gasteiger charge is -2.74. The van der Waals surface area contributed by atoms with Crippen molar-refractivity contribution < 1.29 is 24.9 Å². The Morgan fingerprint density at radius 3 is 2.60 bits per heavy atom. The zero-order valence-corrected chi connectivity index (χ0v) is 22.4. The van der Waals surface area contributed by atoms with E-state index in [2.05, 4.69) is 32.7 Å². The number of fused-ring (bicyclic) bond motifs is 2. The molecule has 0 amide bonds. The van der Waals surface area contributed by atoms with E-state index in [9.17, 15) is 20.1 Å². The van der Waals surface area contributed by atoms with Crippen LogP contribution in [0.1, 0.15) is 70.9 Å². The number of Topliss-reactive ketones (excluding diaryl/α,β-unsaturated/α-hetero) is 1. The van der Waals surface area contributed by atoms with Gasteiger partial charge in [-0.15, -0.1) is 11.3 Å². The second-order valence-electron chi connectivity index (χ2n) is 12.1. The lowest BCUT2D eigenvalue weighted by atomic mass is 9.35. The first kappa shape index (κ1) is 25.3. The van der Waals surface area contributed by atoms with Crippen LogP contribution in [-0.2, 0) is 21.4 Å². The molecule has 1 spiro atoms. The largest absolute Gasteiger partial charge is 0.391 e. The summed E-state index contributed by atoms with van der Waals surface area (Å²) in [6.07, 6.45) is 1.60. The number of carbonyl (C=O) groups is 1. The van der Waals surface area contributed by atoms with Gasteiger partial charge in [0.15, 0.2) is 5.13 Å². The van der Waals surface area contributed by atoms with Gasteiger partial charge in [-0.3, -0.25) is 4.79 Å². The minimum absolute atomic E-state index is 0.171. The van der Waals surface area contributed by atoms with Crippen LogP contribution in [0.15, 0.2) is 12.2 Å². The van der Waals surface area contributed by atoms with E-state index in [1.807, 2.05) is 6.92 Å². The molecule has 7 nitrogen and oxygen atoms in total. The van der Waals surface area contributed by atoms with E-state index in [4.69, 9.17) is 9.72 Å². The summed E-state index contributed by atoms with van der Waals surface area (Å²) in [7, 11) is 0. The van der Waals surface area contributed by atoms with Crippen molar-refractivity contribution in [3.05, 3.63) is 22.7 Å². The number of thiazole rings is 1. The molecule has 4 N–H and O–H groups in total. The molecule has 0 unspecified atom stereocenters. The van der Waals surface area contributed by atoms with Crippen molar-refractivity contribution in [1.82, 2.24) is 4.98 Å². The van der Waals surface area contributed by atoms with E-state index in [1.165, 1.54) is 6.92 Å². The van der Waals surface area contributed by atoms with Crippen LogP contribution in [0.3, 0.4) is 0 Å². The number of rotatable bonds is 6. The van der Waals surface area contributed by atoms with Crippen LogP contribution in [0.5, 0.6) is 0 Å². The number of aromatic nitrogens is 1. The third kappa shape index (κ3) is 2.98. The topological polar surface area (TPSA) is 112 Å². The van der Waals surface area contributed by atoms with E-state index in [-0.39, 0.29) is 29.6 Å². The highest BCUT2D eigenvalue weighted by molar-refractivity contribution is 7.15. The molecule has 3 heterocycles. The molecule has 35 heavy (non-hydrogen) atoms. The number of carbonyl (C=O) groups excluding carboxylic acids is 1. The molecule has 5 aliphatic rings. The van der Waals surface area contributed by atoms with Gasteiger partial charge < -0.3 is 25.4 Å². The molecule has 194 valence electrons. The van der Waals surface area contributed by atoms with Crippen molar-refractivity contribution in [2.75, 3.05) is 18.5 Å². The molecule has 6 rings (SSSR count). The van der Waals surface area contributed by atoms with Gasteiger partial charge in [0.2, 0.25) is 5.79 Å². The first-order chi connectivity index (χ1) is 16.4. The summed E-state index contributed by atoms with van der Waals surface area (Å²) in [6.45, 7) is 14.8. The highest BCUT2D eigenvalue weighted by Crippen LogP contribution is 2.73. The zero-order chi connectivity index (χ0) is 25.6. The maximum atomic E-state index is 13.6. The SMILES string of the molecule is C=C(C)[C@@H]1CC[C@H]2[C@@]34CO[C@@](O)([C@@H](O)[C@@H]3C(C)(C)Cc3sc(NCCCC)nc34)[C@@]2(C(C)=O)[C@@H]1O. The van der Waals surface area contributed by atoms with Gasteiger partial charge in [0.1, 0.15) is 17.3 Å². The average molecular weight is 505 g/mol. The standard InChI is InChI=1S/C27H40N2O5S/c1-7-8-11-28-23-29-20-17(35-23)12-24(5,6)19-22(32)27(33)26(15(4)30)18(25(19,20)13-34-27)10-9-16(14(2)3)21(26)31/h16,18-19,21-22,31-33H,2,7-13H2,1,3-6H3,(H,28,29)/t16-,18-,19+,21+,22-,25-,26+,27-/m0/s1. The Bertz CT molecular complexity index is 1050. The van der Waals surface area contributed by atoms with Crippen molar-refractivity contribution in [3.63, 3.8) is 0 Å². The van der Waals surface area contributed by atoms with E-state index < -0.39 is 34.7 Å². The number of nitrogens with one attached hydrogen (secondary N) is 1. The molecule has 0 radical (unpaired) electrons. The Balaban J connectivity index is 1.74. The van der Waals surface area contributed by atoms with E-state index in [0.717, 1.165) is 47.1 Å². The normalized spacial score (nSPS) is 43.1. The quantitative estimate of drug-likeness (QED) is 0.347. The predicted octanol–water partition coefficient (Wildman–Crippen LogP) is 3.42. The van der Waals surface area contributed by atoms with Gasteiger partial charge in [-0.1, -0.05) is 39.3 Å². The molecule has 1 aromatic heterocycles. The molecule has 0 aromatic carbocycles.